The Labute approximate surface area is 209 Å². The van der Waals surface area contributed by atoms with Gasteiger partial charge in [-0.25, -0.2) is 0 Å². The van der Waals surface area contributed by atoms with Crippen molar-refractivity contribution in [3.8, 4) is 11.1 Å². The van der Waals surface area contributed by atoms with Gasteiger partial charge in [-0.1, -0.05) is 48.0 Å². The molecule has 2 aromatic heterocycles. The zero-order valence-electron chi connectivity index (χ0n) is 19.0. The third kappa shape index (κ3) is 4.74. The zero-order chi connectivity index (χ0) is 23.5. The average molecular weight is 490 g/mol. The van der Waals surface area contributed by atoms with Crippen LogP contribution < -0.4 is 5.73 Å². The predicted octanol–water partition coefficient (Wildman–Crippen LogP) is 6.78. The molecular formula is C28H28ClN3OS. The van der Waals surface area contributed by atoms with Gasteiger partial charge in [0.1, 0.15) is 4.88 Å². The van der Waals surface area contributed by atoms with Crippen LogP contribution in [-0.2, 0) is 6.54 Å². The summed E-state index contributed by atoms with van der Waals surface area (Å²) in [4.78, 5) is 20.8. The van der Waals surface area contributed by atoms with E-state index in [1.54, 1.807) is 12.4 Å². The second kappa shape index (κ2) is 10.3. The van der Waals surface area contributed by atoms with Gasteiger partial charge in [0, 0.05) is 35.1 Å². The fourth-order valence-corrected chi connectivity index (χ4v) is 6.40. The summed E-state index contributed by atoms with van der Waals surface area (Å²) in [6.07, 6.45) is 7.67. The second-order valence-corrected chi connectivity index (χ2v) is 10.5. The molecule has 0 spiro atoms. The van der Waals surface area contributed by atoms with E-state index in [9.17, 15) is 4.79 Å². The number of amides is 1. The van der Waals surface area contributed by atoms with Crippen LogP contribution in [0.3, 0.4) is 0 Å². The van der Waals surface area contributed by atoms with Gasteiger partial charge in [0.25, 0.3) is 5.91 Å². The Hall–Kier alpha value is -2.73. The van der Waals surface area contributed by atoms with Gasteiger partial charge >= 0.3 is 0 Å². The van der Waals surface area contributed by atoms with Crippen LogP contribution in [0.1, 0.15) is 40.9 Å². The van der Waals surface area contributed by atoms with Gasteiger partial charge in [-0.05, 0) is 79.1 Å². The molecule has 0 atom stereocenters. The van der Waals surface area contributed by atoms with E-state index in [2.05, 4.69) is 34.1 Å². The van der Waals surface area contributed by atoms with Crippen molar-refractivity contribution in [2.45, 2.75) is 38.3 Å². The molecule has 4 nitrogen and oxygen atoms in total. The quantitative estimate of drug-likeness (QED) is 0.325. The molecule has 1 amide bonds. The molecule has 0 aliphatic heterocycles. The van der Waals surface area contributed by atoms with Crippen molar-refractivity contribution in [3.05, 3.63) is 88.5 Å². The van der Waals surface area contributed by atoms with Crippen LogP contribution in [-0.4, -0.2) is 28.4 Å². The van der Waals surface area contributed by atoms with Crippen LogP contribution in [0.25, 0.3) is 21.2 Å². The first-order chi connectivity index (χ1) is 16.6. The molecule has 2 heterocycles. The Morgan fingerprint density at radius 2 is 1.76 bits per heavy atom. The molecule has 1 aliphatic carbocycles. The molecule has 34 heavy (non-hydrogen) atoms. The molecule has 174 valence electrons. The maximum absolute atomic E-state index is 14.0. The first-order valence-corrected chi connectivity index (χ1v) is 13.0. The number of rotatable bonds is 6. The van der Waals surface area contributed by atoms with Gasteiger partial charge < -0.3 is 10.6 Å². The Balaban J connectivity index is 1.47. The van der Waals surface area contributed by atoms with E-state index < -0.39 is 0 Å². The molecular weight excluding hydrogens is 462 g/mol. The van der Waals surface area contributed by atoms with Crippen LogP contribution in [0, 0.1) is 5.92 Å². The Morgan fingerprint density at radius 1 is 1.00 bits per heavy atom. The van der Waals surface area contributed by atoms with E-state index >= 15 is 0 Å². The standard InChI is InChI=1S/C28H28ClN3OS/c29-26-24-6-1-2-7-25(24)34-27(26)28(33)32(23-10-8-19(17-30)9-11-23)18-20-4-3-5-22(16-20)21-12-14-31-15-13-21/h1-7,12-16,19,23H,8-11,17-18,30H2. The SMILES string of the molecule is NCC1CCC(N(Cc2cccc(-c3ccncc3)c2)C(=O)c2sc3ccccc3c2Cl)CC1. The van der Waals surface area contributed by atoms with Gasteiger partial charge in [0.05, 0.1) is 5.02 Å². The van der Waals surface area contributed by atoms with E-state index in [1.807, 2.05) is 36.4 Å². The summed E-state index contributed by atoms with van der Waals surface area (Å²) in [5.74, 6) is 0.577. The zero-order valence-corrected chi connectivity index (χ0v) is 20.6. The number of carbonyl (C=O) groups is 1. The first-order valence-electron chi connectivity index (χ1n) is 11.8. The lowest BCUT2D eigenvalue weighted by Crippen LogP contribution is -2.42. The van der Waals surface area contributed by atoms with Gasteiger partial charge in [-0.3, -0.25) is 9.78 Å². The molecule has 0 saturated heterocycles. The van der Waals surface area contributed by atoms with Gasteiger partial charge in [0.15, 0.2) is 0 Å². The summed E-state index contributed by atoms with van der Waals surface area (Å²) in [5, 5.41) is 1.51. The van der Waals surface area contributed by atoms with E-state index in [0.29, 0.717) is 22.4 Å². The molecule has 6 heteroatoms. The highest BCUT2D eigenvalue weighted by Gasteiger charge is 2.31. The van der Waals surface area contributed by atoms with Gasteiger partial charge in [0.2, 0.25) is 0 Å². The van der Waals surface area contributed by atoms with E-state index in [-0.39, 0.29) is 11.9 Å². The number of benzene rings is 2. The molecule has 1 fully saturated rings. The number of hydrogen-bond donors (Lipinski definition) is 1. The Morgan fingerprint density at radius 3 is 2.50 bits per heavy atom. The molecule has 1 saturated carbocycles. The number of nitrogens with two attached hydrogens (primary N) is 1. The minimum atomic E-state index is 0.0247. The van der Waals surface area contributed by atoms with Crippen molar-refractivity contribution < 1.29 is 4.79 Å². The van der Waals surface area contributed by atoms with Gasteiger partial charge in [-0.15, -0.1) is 11.3 Å². The number of thiophene rings is 1. The highest BCUT2D eigenvalue weighted by atomic mass is 35.5. The molecule has 0 bridgehead atoms. The molecule has 1 aliphatic rings. The number of pyridine rings is 1. The molecule has 2 N–H and O–H groups in total. The Bertz CT molecular complexity index is 1280. The van der Waals surface area contributed by atoms with Crippen molar-refractivity contribution in [3.63, 3.8) is 0 Å². The molecule has 5 rings (SSSR count). The number of hydrogen-bond acceptors (Lipinski definition) is 4. The summed E-state index contributed by atoms with van der Waals surface area (Å²) < 4.78 is 1.04. The molecule has 4 aromatic rings. The van der Waals surface area contributed by atoms with E-state index in [0.717, 1.165) is 59.0 Å². The normalized spacial score (nSPS) is 18.2. The smallest absolute Gasteiger partial charge is 0.266 e. The number of aromatic nitrogens is 1. The molecule has 2 aromatic carbocycles. The summed E-state index contributed by atoms with van der Waals surface area (Å²) in [6.45, 7) is 1.27. The number of fused-ring (bicyclic) bond motifs is 1. The minimum Gasteiger partial charge on any atom is -0.331 e. The summed E-state index contributed by atoms with van der Waals surface area (Å²) in [6, 6.07) is 20.6. The van der Waals surface area contributed by atoms with Crippen LogP contribution in [0.4, 0.5) is 0 Å². The van der Waals surface area contributed by atoms with Crippen LogP contribution >= 0.6 is 22.9 Å². The van der Waals surface area contributed by atoms with E-state index in [1.165, 1.54) is 11.3 Å². The molecule has 0 unspecified atom stereocenters. The van der Waals surface area contributed by atoms with Crippen molar-refractivity contribution in [1.82, 2.24) is 9.88 Å². The maximum Gasteiger partial charge on any atom is 0.266 e. The Kier molecular flexibility index (Phi) is 6.95. The first kappa shape index (κ1) is 23.0. The largest absolute Gasteiger partial charge is 0.331 e. The number of nitrogens with zero attached hydrogens (tertiary/aromatic N) is 2. The number of halogens is 1. The lowest BCUT2D eigenvalue weighted by molar-refractivity contribution is 0.0596. The van der Waals surface area contributed by atoms with Gasteiger partial charge in [-0.2, -0.15) is 0 Å². The minimum absolute atomic E-state index is 0.0247. The van der Waals surface area contributed by atoms with Crippen LogP contribution in [0.15, 0.2) is 73.1 Å². The lowest BCUT2D eigenvalue weighted by atomic mass is 9.85. The third-order valence-corrected chi connectivity index (χ3v) is 8.54. The maximum atomic E-state index is 14.0. The monoisotopic (exact) mass is 489 g/mol. The topological polar surface area (TPSA) is 59.2 Å². The fraction of sp³-hybridized carbons (Fsp3) is 0.286. The fourth-order valence-electron chi connectivity index (χ4n) is 4.93. The highest BCUT2D eigenvalue weighted by molar-refractivity contribution is 7.21. The molecule has 0 radical (unpaired) electrons. The number of carbonyl (C=O) groups excluding carboxylic acids is 1. The summed E-state index contributed by atoms with van der Waals surface area (Å²) in [5.41, 5.74) is 9.29. The second-order valence-electron chi connectivity index (χ2n) is 9.02. The van der Waals surface area contributed by atoms with Crippen LogP contribution in [0.5, 0.6) is 0 Å². The average Bonchev–Trinajstić information content (AvgIpc) is 3.24. The van der Waals surface area contributed by atoms with Crippen LogP contribution in [0.2, 0.25) is 5.02 Å². The highest BCUT2D eigenvalue weighted by Crippen LogP contribution is 2.38. The lowest BCUT2D eigenvalue weighted by Gasteiger charge is -2.37. The van der Waals surface area contributed by atoms with E-state index in [4.69, 9.17) is 17.3 Å². The van der Waals surface area contributed by atoms with Crippen molar-refractivity contribution in [2.24, 2.45) is 11.7 Å². The van der Waals surface area contributed by atoms with Crippen molar-refractivity contribution >= 4 is 38.9 Å². The van der Waals surface area contributed by atoms with Crippen molar-refractivity contribution in [2.75, 3.05) is 6.54 Å². The predicted molar refractivity (Wildman–Crippen MR) is 141 cm³/mol. The summed E-state index contributed by atoms with van der Waals surface area (Å²) in [7, 11) is 0. The van der Waals surface area contributed by atoms with Crippen molar-refractivity contribution in [1.29, 1.82) is 0 Å². The summed E-state index contributed by atoms with van der Waals surface area (Å²) >= 11 is 8.22. The third-order valence-electron chi connectivity index (χ3n) is 6.87.